The summed E-state index contributed by atoms with van der Waals surface area (Å²) in [5, 5.41) is 15.2. The molecule has 2 aromatic carbocycles. The van der Waals surface area contributed by atoms with Crippen molar-refractivity contribution in [1.82, 2.24) is 14.8 Å². The zero-order valence-corrected chi connectivity index (χ0v) is 11.7. The van der Waals surface area contributed by atoms with Crippen LogP contribution in [0.25, 0.3) is 27.7 Å². The molecular weight excluding hydrogens is 274 g/mol. The molecule has 0 saturated heterocycles. The molecule has 0 bridgehead atoms. The predicted molar refractivity (Wildman–Crippen MR) is 86.0 cm³/mol. The van der Waals surface area contributed by atoms with Crippen molar-refractivity contribution in [3.63, 3.8) is 0 Å². The van der Waals surface area contributed by atoms with Gasteiger partial charge in [0, 0.05) is 17.8 Å². The minimum absolute atomic E-state index is 0.267. The smallest absolute Gasteiger partial charge is 0.116 e. The van der Waals surface area contributed by atoms with Gasteiger partial charge < -0.3 is 5.11 Å². The SMILES string of the molecule is Oc1cccc(-c2ccc3nn(-c4cccnc4)cc3c2)c1. The number of rotatable bonds is 2. The van der Waals surface area contributed by atoms with Gasteiger partial charge >= 0.3 is 0 Å². The summed E-state index contributed by atoms with van der Waals surface area (Å²) in [4.78, 5) is 4.12. The molecule has 2 heterocycles. The van der Waals surface area contributed by atoms with Gasteiger partial charge in [-0.25, -0.2) is 4.68 Å². The van der Waals surface area contributed by atoms with Gasteiger partial charge in [-0.2, -0.15) is 5.10 Å². The molecular formula is C18H13N3O. The van der Waals surface area contributed by atoms with E-state index < -0.39 is 0 Å². The lowest BCUT2D eigenvalue weighted by Crippen LogP contribution is -1.93. The molecule has 0 fully saturated rings. The molecule has 0 atom stereocenters. The summed E-state index contributed by atoms with van der Waals surface area (Å²) in [5.41, 5.74) is 3.88. The summed E-state index contributed by atoms with van der Waals surface area (Å²) in [6, 6.07) is 17.2. The predicted octanol–water partition coefficient (Wildman–Crippen LogP) is 3.79. The minimum atomic E-state index is 0.267. The highest BCUT2D eigenvalue weighted by Gasteiger charge is 2.05. The monoisotopic (exact) mass is 287 g/mol. The van der Waals surface area contributed by atoms with Crippen LogP contribution in [0.5, 0.6) is 5.75 Å². The van der Waals surface area contributed by atoms with Gasteiger partial charge in [0.1, 0.15) is 5.75 Å². The van der Waals surface area contributed by atoms with Crippen LogP contribution < -0.4 is 0 Å². The van der Waals surface area contributed by atoms with E-state index in [9.17, 15) is 5.11 Å². The molecule has 22 heavy (non-hydrogen) atoms. The summed E-state index contributed by atoms with van der Waals surface area (Å²) in [6.45, 7) is 0. The second kappa shape index (κ2) is 5.00. The van der Waals surface area contributed by atoms with E-state index in [4.69, 9.17) is 0 Å². The molecule has 0 amide bonds. The molecule has 0 saturated carbocycles. The summed E-state index contributed by atoms with van der Waals surface area (Å²) in [6.07, 6.45) is 5.51. The molecule has 4 aromatic rings. The fraction of sp³-hybridized carbons (Fsp3) is 0. The number of fused-ring (bicyclic) bond motifs is 1. The van der Waals surface area contributed by atoms with Crippen molar-refractivity contribution < 1.29 is 5.11 Å². The second-order valence-electron chi connectivity index (χ2n) is 5.11. The van der Waals surface area contributed by atoms with Crippen LogP contribution in [-0.4, -0.2) is 19.9 Å². The van der Waals surface area contributed by atoms with Gasteiger partial charge in [0.15, 0.2) is 0 Å². The van der Waals surface area contributed by atoms with E-state index >= 15 is 0 Å². The first-order valence-electron chi connectivity index (χ1n) is 6.99. The number of nitrogens with zero attached hydrogens (tertiary/aromatic N) is 3. The second-order valence-corrected chi connectivity index (χ2v) is 5.11. The van der Waals surface area contributed by atoms with Crippen molar-refractivity contribution in [2.75, 3.05) is 0 Å². The topological polar surface area (TPSA) is 50.9 Å². The summed E-state index contributed by atoms with van der Waals surface area (Å²) >= 11 is 0. The van der Waals surface area contributed by atoms with Crippen LogP contribution >= 0.6 is 0 Å². The first kappa shape index (κ1) is 12.6. The van der Waals surface area contributed by atoms with Crippen LogP contribution in [0.3, 0.4) is 0 Å². The fourth-order valence-electron chi connectivity index (χ4n) is 2.51. The Labute approximate surface area is 127 Å². The number of aromatic nitrogens is 3. The third-order valence-corrected chi connectivity index (χ3v) is 3.59. The van der Waals surface area contributed by atoms with Crippen molar-refractivity contribution in [1.29, 1.82) is 0 Å². The lowest BCUT2D eigenvalue weighted by Gasteiger charge is -2.01. The normalized spacial score (nSPS) is 10.9. The Balaban J connectivity index is 1.82. The van der Waals surface area contributed by atoms with Crippen LogP contribution in [-0.2, 0) is 0 Å². The molecule has 0 radical (unpaired) electrons. The van der Waals surface area contributed by atoms with Crippen LogP contribution in [0, 0.1) is 0 Å². The van der Waals surface area contributed by atoms with E-state index in [1.54, 1.807) is 24.5 Å². The first-order chi connectivity index (χ1) is 10.8. The van der Waals surface area contributed by atoms with Crippen LogP contribution in [0.1, 0.15) is 0 Å². The lowest BCUT2D eigenvalue weighted by molar-refractivity contribution is 0.475. The number of phenolic OH excluding ortho intramolecular Hbond substituents is 1. The Morgan fingerprint density at radius 1 is 0.909 bits per heavy atom. The number of benzene rings is 2. The van der Waals surface area contributed by atoms with Crippen molar-refractivity contribution in [2.45, 2.75) is 0 Å². The Hall–Kier alpha value is -3.14. The van der Waals surface area contributed by atoms with Crippen molar-refractivity contribution in [3.05, 3.63) is 73.2 Å². The lowest BCUT2D eigenvalue weighted by atomic mass is 10.0. The van der Waals surface area contributed by atoms with Crippen molar-refractivity contribution in [2.24, 2.45) is 0 Å². The third-order valence-electron chi connectivity index (χ3n) is 3.59. The molecule has 0 aliphatic rings. The maximum absolute atomic E-state index is 9.62. The standard InChI is InChI=1S/C18H13N3O/c22-17-5-1-3-13(10-17)14-6-7-18-15(9-14)12-21(20-18)16-4-2-8-19-11-16/h1-12,22H. The Kier molecular flexibility index (Phi) is 2.86. The van der Waals surface area contributed by atoms with Gasteiger partial charge in [0.2, 0.25) is 0 Å². The number of aromatic hydroxyl groups is 1. The molecule has 0 aliphatic heterocycles. The number of phenols is 1. The maximum Gasteiger partial charge on any atom is 0.116 e. The molecule has 4 rings (SSSR count). The largest absolute Gasteiger partial charge is 0.508 e. The highest BCUT2D eigenvalue weighted by Crippen LogP contribution is 2.26. The highest BCUT2D eigenvalue weighted by molar-refractivity contribution is 5.84. The summed E-state index contributed by atoms with van der Waals surface area (Å²) in [5.74, 6) is 0.267. The molecule has 0 aliphatic carbocycles. The Bertz CT molecular complexity index is 945. The first-order valence-corrected chi connectivity index (χ1v) is 6.99. The number of pyridine rings is 1. The van der Waals surface area contributed by atoms with Gasteiger partial charge in [-0.3, -0.25) is 4.98 Å². The molecule has 0 unspecified atom stereocenters. The molecule has 0 spiro atoms. The number of hydrogen-bond donors (Lipinski definition) is 1. The maximum atomic E-state index is 9.62. The fourth-order valence-corrected chi connectivity index (χ4v) is 2.51. The average molecular weight is 287 g/mol. The van der Waals surface area contributed by atoms with Gasteiger partial charge in [-0.1, -0.05) is 18.2 Å². The van der Waals surface area contributed by atoms with E-state index in [2.05, 4.69) is 16.1 Å². The summed E-state index contributed by atoms with van der Waals surface area (Å²) in [7, 11) is 0. The zero-order valence-electron chi connectivity index (χ0n) is 11.7. The minimum Gasteiger partial charge on any atom is -0.508 e. The molecule has 4 heteroatoms. The van der Waals surface area contributed by atoms with E-state index in [0.29, 0.717) is 0 Å². The van der Waals surface area contributed by atoms with Crippen molar-refractivity contribution >= 4 is 10.9 Å². The Morgan fingerprint density at radius 2 is 1.82 bits per heavy atom. The van der Waals surface area contributed by atoms with Gasteiger partial charge in [-0.05, 0) is 47.5 Å². The van der Waals surface area contributed by atoms with E-state index in [-0.39, 0.29) is 5.75 Å². The quantitative estimate of drug-likeness (QED) is 0.610. The molecule has 1 N–H and O–H groups in total. The van der Waals surface area contributed by atoms with Gasteiger partial charge in [-0.15, -0.1) is 0 Å². The third kappa shape index (κ3) is 2.20. The van der Waals surface area contributed by atoms with Crippen LogP contribution in [0.2, 0.25) is 0 Å². The van der Waals surface area contributed by atoms with Crippen molar-refractivity contribution in [3.8, 4) is 22.6 Å². The summed E-state index contributed by atoms with van der Waals surface area (Å²) < 4.78 is 1.82. The van der Waals surface area contributed by atoms with Crippen LogP contribution in [0.4, 0.5) is 0 Å². The van der Waals surface area contributed by atoms with Gasteiger partial charge in [0.05, 0.1) is 17.4 Å². The number of hydrogen-bond acceptors (Lipinski definition) is 3. The highest BCUT2D eigenvalue weighted by atomic mass is 16.3. The van der Waals surface area contributed by atoms with E-state index in [1.807, 2.05) is 47.3 Å². The molecule has 4 nitrogen and oxygen atoms in total. The molecule has 2 aromatic heterocycles. The Morgan fingerprint density at radius 3 is 2.64 bits per heavy atom. The zero-order chi connectivity index (χ0) is 14.9. The van der Waals surface area contributed by atoms with Gasteiger partial charge in [0.25, 0.3) is 0 Å². The van der Waals surface area contributed by atoms with E-state index in [1.165, 1.54) is 0 Å². The molecule has 106 valence electrons. The van der Waals surface area contributed by atoms with E-state index in [0.717, 1.165) is 27.7 Å². The average Bonchev–Trinajstić information content (AvgIpc) is 2.99. The van der Waals surface area contributed by atoms with Crippen LogP contribution in [0.15, 0.2) is 73.2 Å².